The lowest BCUT2D eigenvalue weighted by Gasteiger charge is -2.25. The molecule has 0 saturated heterocycles. The standard InChI is InChI=1S/C16H20N2O2S2/c19-12-5-3-4-11(8-12)9-17-15(20)10-21-16-18-13-6-1-2-7-14(13)22-16/h1-2,6-7,11-12,19H,3-5,8-10H2,(H,17,20). The summed E-state index contributed by atoms with van der Waals surface area (Å²) in [4.78, 5) is 16.5. The number of para-hydroxylation sites is 1. The minimum Gasteiger partial charge on any atom is -0.393 e. The van der Waals surface area contributed by atoms with Crippen molar-refractivity contribution in [3.05, 3.63) is 24.3 Å². The fraction of sp³-hybridized carbons (Fsp3) is 0.500. The Morgan fingerprint density at radius 2 is 2.27 bits per heavy atom. The van der Waals surface area contributed by atoms with Crippen LogP contribution < -0.4 is 5.32 Å². The van der Waals surface area contributed by atoms with Crippen molar-refractivity contribution >= 4 is 39.2 Å². The molecule has 4 nitrogen and oxygen atoms in total. The zero-order valence-electron chi connectivity index (χ0n) is 12.3. The van der Waals surface area contributed by atoms with Gasteiger partial charge < -0.3 is 10.4 Å². The van der Waals surface area contributed by atoms with Gasteiger partial charge in [0, 0.05) is 6.54 Å². The van der Waals surface area contributed by atoms with Gasteiger partial charge in [-0.1, -0.05) is 30.3 Å². The highest BCUT2D eigenvalue weighted by molar-refractivity contribution is 8.01. The van der Waals surface area contributed by atoms with Crippen molar-refractivity contribution in [2.45, 2.75) is 36.1 Å². The first-order chi connectivity index (χ1) is 10.7. The summed E-state index contributed by atoms with van der Waals surface area (Å²) in [6, 6.07) is 8.01. The molecule has 1 aliphatic rings. The summed E-state index contributed by atoms with van der Waals surface area (Å²) < 4.78 is 2.09. The lowest BCUT2D eigenvalue weighted by atomic mass is 9.87. The third-order valence-corrected chi connectivity index (χ3v) is 6.12. The van der Waals surface area contributed by atoms with E-state index in [9.17, 15) is 9.90 Å². The fourth-order valence-corrected chi connectivity index (χ4v) is 4.70. The summed E-state index contributed by atoms with van der Waals surface area (Å²) in [5, 5.41) is 12.6. The topological polar surface area (TPSA) is 62.2 Å². The van der Waals surface area contributed by atoms with Crippen LogP contribution in [0, 0.1) is 5.92 Å². The molecule has 0 bridgehead atoms. The quantitative estimate of drug-likeness (QED) is 0.824. The molecule has 1 saturated carbocycles. The Labute approximate surface area is 138 Å². The number of aliphatic hydroxyl groups excluding tert-OH is 1. The molecule has 2 unspecified atom stereocenters. The van der Waals surface area contributed by atoms with Gasteiger partial charge in [0.25, 0.3) is 0 Å². The summed E-state index contributed by atoms with van der Waals surface area (Å²) >= 11 is 3.11. The van der Waals surface area contributed by atoms with Crippen LogP contribution in [0.25, 0.3) is 10.2 Å². The Kier molecular flexibility index (Phi) is 5.33. The molecule has 1 aromatic carbocycles. The van der Waals surface area contributed by atoms with Crippen LogP contribution in [0.4, 0.5) is 0 Å². The van der Waals surface area contributed by atoms with Crippen LogP contribution in [-0.4, -0.2) is 34.4 Å². The summed E-state index contributed by atoms with van der Waals surface area (Å²) in [7, 11) is 0. The van der Waals surface area contributed by atoms with E-state index in [1.807, 2.05) is 24.3 Å². The first kappa shape index (κ1) is 15.8. The van der Waals surface area contributed by atoms with Crippen molar-refractivity contribution in [2.24, 2.45) is 5.92 Å². The van der Waals surface area contributed by atoms with Gasteiger partial charge in [0.05, 0.1) is 22.1 Å². The number of aromatic nitrogens is 1. The number of hydrogen-bond donors (Lipinski definition) is 2. The number of thioether (sulfide) groups is 1. The van der Waals surface area contributed by atoms with E-state index < -0.39 is 0 Å². The van der Waals surface area contributed by atoms with E-state index >= 15 is 0 Å². The van der Waals surface area contributed by atoms with Crippen LogP contribution in [0.2, 0.25) is 0 Å². The Hall–Kier alpha value is -1.11. The van der Waals surface area contributed by atoms with Gasteiger partial charge in [0.2, 0.25) is 5.91 Å². The minimum absolute atomic E-state index is 0.0457. The molecule has 2 aromatic rings. The molecule has 0 spiro atoms. The van der Waals surface area contributed by atoms with E-state index in [1.165, 1.54) is 11.8 Å². The summed E-state index contributed by atoms with van der Waals surface area (Å²) in [5.41, 5.74) is 0.992. The van der Waals surface area contributed by atoms with Gasteiger partial charge in [-0.2, -0.15) is 0 Å². The van der Waals surface area contributed by atoms with Gasteiger partial charge in [-0.15, -0.1) is 11.3 Å². The second-order valence-corrected chi connectivity index (χ2v) is 7.98. The number of carbonyl (C=O) groups is 1. The zero-order valence-corrected chi connectivity index (χ0v) is 14.0. The summed E-state index contributed by atoms with van der Waals surface area (Å²) in [6.45, 7) is 0.677. The van der Waals surface area contributed by atoms with Crippen LogP contribution in [0.15, 0.2) is 28.6 Å². The number of thiazole rings is 1. The molecule has 22 heavy (non-hydrogen) atoms. The van der Waals surface area contributed by atoms with E-state index in [2.05, 4.69) is 10.3 Å². The van der Waals surface area contributed by atoms with Crippen molar-refractivity contribution in [3.63, 3.8) is 0 Å². The van der Waals surface area contributed by atoms with Crippen LogP contribution >= 0.6 is 23.1 Å². The lowest BCUT2D eigenvalue weighted by molar-refractivity contribution is -0.118. The SMILES string of the molecule is O=C(CSc1nc2ccccc2s1)NCC1CCCC(O)C1. The molecular weight excluding hydrogens is 316 g/mol. The molecule has 3 rings (SSSR count). The molecule has 6 heteroatoms. The number of rotatable bonds is 5. The number of nitrogens with zero attached hydrogens (tertiary/aromatic N) is 1. The number of amides is 1. The molecule has 1 heterocycles. The molecular formula is C16H20N2O2S2. The van der Waals surface area contributed by atoms with Crippen LogP contribution in [0.5, 0.6) is 0 Å². The maximum atomic E-state index is 11.9. The molecule has 1 aromatic heterocycles. The Balaban J connectivity index is 1.44. The molecule has 118 valence electrons. The molecule has 1 amide bonds. The average Bonchev–Trinajstić information content (AvgIpc) is 2.94. The Bertz CT molecular complexity index is 611. The number of hydrogen-bond acceptors (Lipinski definition) is 5. The first-order valence-electron chi connectivity index (χ1n) is 7.64. The third-order valence-electron chi connectivity index (χ3n) is 3.94. The predicted molar refractivity (Wildman–Crippen MR) is 91.3 cm³/mol. The fourth-order valence-electron chi connectivity index (χ4n) is 2.80. The van der Waals surface area contributed by atoms with E-state index in [-0.39, 0.29) is 12.0 Å². The first-order valence-corrected chi connectivity index (χ1v) is 9.44. The number of carbonyl (C=O) groups excluding carboxylic acids is 1. The average molecular weight is 336 g/mol. The number of nitrogens with one attached hydrogen (secondary N) is 1. The van der Waals surface area contributed by atoms with Crippen LogP contribution in [0.1, 0.15) is 25.7 Å². The van der Waals surface area contributed by atoms with Gasteiger partial charge >= 0.3 is 0 Å². The largest absolute Gasteiger partial charge is 0.393 e. The third kappa shape index (κ3) is 4.21. The number of fused-ring (bicyclic) bond motifs is 1. The van der Waals surface area contributed by atoms with E-state index in [4.69, 9.17) is 0 Å². The maximum absolute atomic E-state index is 11.9. The van der Waals surface area contributed by atoms with Crippen molar-refractivity contribution in [3.8, 4) is 0 Å². The molecule has 0 radical (unpaired) electrons. The maximum Gasteiger partial charge on any atom is 0.230 e. The van der Waals surface area contributed by atoms with Gasteiger partial charge in [-0.25, -0.2) is 4.98 Å². The highest BCUT2D eigenvalue weighted by atomic mass is 32.2. The normalized spacial score (nSPS) is 21.9. The Morgan fingerprint density at radius 1 is 1.41 bits per heavy atom. The Morgan fingerprint density at radius 3 is 3.09 bits per heavy atom. The summed E-state index contributed by atoms with van der Waals surface area (Å²) in [6.07, 6.45) is 3.68. The molecule has 1 fully saturated rings. The molecule has 2 atom stereocenters. The van der Waals surface area contributed by atoms with Crippen molar-refractivity contribution in [2.75, 3.05) is 12.3 Å². The highest BCUT2D eigenvalue weighted by Crippen LogP contribution is 2.29. The van der Waals surface area contributed by atoms with Gasteiger partial charge in [-0.05, 0) is 37.3 Å². The van der Waals surface area contributed by atoms with E-state index in [1.54, 1.807) is 11.3 Å². The second kappa shape index (κ2) is 7.44. The van der Waals surface area contributed by atoms with Gasteiger partial charge in [0.15, 0.2) is 4.34 Å². The van der Waals surface area contributed by atoms with Gasteiger partial charge in [-0.3, -0.25) is 4.79 Å². The lowest BCUT2D eigenvalue weighted by Crippen LogP contribution is -2.33. The van der Waals surface area contributed by atoms with Crippen molar-refractivity contribution in [1.29, 1.82) is 0 Å². The molecule has 2 N–H and O–H groups in total. The van der Waals surface area contributed by atoms with Crippen LogP contribution in [-0.2, 0) is 4.79 Å². The van der Waals surface area contributed by atoms with E-state index in [0.29, 0.717) is 18.2 Å². The molecule has 1 aliphatic carbocycles. The second-order valence-electron chi connectivity index (χ2n) is 5.73. The predicted octanol–water partition coefficient (Wildman–Crippen LogP) is 3.06. The van der Waals surface area contributed by atoms with Gasteiger partial charge in [0.1, 0.15) is 0 Å². The minimum atomic E-state index is -0.187. The highest BCUT2D eigenvalue weighted by Gasteiger charge is 2.20. The number of benzene rings is 1. The smallest absolute Gasteiger partial charge is 0.230 e. The van der Waals surface area contributed by atoms with Crippen molar-refractivity contribution < 1.29 is 9.90 Å². The van der Waals surface area contributed by atoms with Crippen molar-refractivity contribution in [1.82, 2.24) is 10.3 Å². The summed E-state index contributed by atoms with van der Waals surface area (Å²) in [5.74, 6) is 0.860. The molecule has 0 aliphatic heterocycles. The number of aliphatic hydroxyl groups is 1. The van der Waals surface area contributed by atoms with Crippen LogP contribution in [0.3, 0.4) is 0 Å². The van der Waals surface area contributed by atoms with E-state index in [0.717, 1.165) is 40.2 Å². The zero-order chi connectivity index (χ0) is 15.4. The monoisotopic (exact) mass is 336 g/mol.